The number of aldehydes is 1. The van der Waals surface area contributed by atoms with Gasteiger partial charge in [0.2, 0.25) is 0 Å². The Hall–Kier alpha value is -2.73. The van der Waals surface area contributed by atoms with Gasteiger partial charge in [-0.1, -0.05) is 12.1 Å². The molecule has 1 aliphatic rings. The quantitative estimate of drug-likeness (QED) is 0.676. The SMILES string of the molecule is O=Cc1cc(-c2cnc(-c3cccc(N4CCCC4)c3)s2)cc(F)c1O. The van der Waals surface area contributed by atoms with Crippen LogP contribution in [0.5, 0.6) is 5.75 Å². The van der Waals surface area contributed by atoms with Crippen LogP contribution in [0.4, 0.5) is 10.1 Å². The summed E-state index contributed by atoms with van der Waals surface area (Å²) in [5.74, 6) is -1.43. The highest BCUT2D eigenvalue weighted by Gasteiger charge is 2.15. The lowest BCUT2D eigenvalue weighted by Crippen LogP contribution is -2.17. The molecule has 4 nitrogen and oxygen atoms in total. The van der Waals surface area contributed by atoms with E-state index in [4.69, 9.17) is 0 Å². The second-order valence-electron chi connectivity index (χ2n) is 6.29. The molecule has 4 rings (SSSR count). The summed E-state index contributed by atoms with van der Waals surface area (Å²) in [5.41, 5.74) is 2.67. The van der Waals surface area contributed by atoms with E-state index in [-0.39, 0.29) is 5.56 Å². The van der Waals surface area contributed by atoms with Crippen LogP contribution < -0.4 is 4.90 Å². The smallest absolute Gasteiger partial charge is 0.166 e. The van der Waals surface area contributed by atoms with Gasteiger partial charge in [0.25, 0.3) is 0 Å². The zero-order chi connectivity index (χ0) is 18.1. The molecular formula is C20H17FN2O2S. The lowest BCUT2D eigenvalue weighted by molar-refractivity contribution is 0.112. The molecule has 1 aliphatic heterocycles. The zero-order valence-electron chi connectivity index (χ0n) is 14.0. The molecule has 0 unspecified atom stereocenters. The number of carbonyl (C=O) groups excluding carboxylic acids is 1. The standard InChI is InChI=1S/C20H17FN2O2S/c21-17-10-14(8-15(12-24)19(17)25)18-11-22-20(26-18)13-4-3-5-16(9-13)23-6-1-2-7-23/h3-5,8-12,25H,1-2,6-7H2. The maximum Gasteiger partial charge on any atom is 0.166 e. The predicted molar refractivity (Wildman–Crippen MR) is 101 cm³/mol. The normalized spacial score (nSPS) is 14.0. The number of nitrogens with zero attached hydrogens (tertiary/aromatic N) is 2. The Bertz CT molecular complexity index is 964. The van der Waals surface area contributed by atoms with Crippen molar-refractivity contribution in [1.82, 2.24) is 4.98 Å². The molecule has 3 aromatic rings. The molecule has 2 heterocycles. The first kappa shape index (κ1) is 16.7. The average molecular weight is 368 g/mol. The van der Waals surface area contributed by atoms with Gasteiger partial charge in [-0.3, -0.25) is 4.79 Å². The minimum atomic E-state index is -0.810. The first-order valence-electron chi connectivity index (χ1n) is 8.45. The number of carbonyl (C=O) groups is 1. The molecule has 0 saturated carbocycles. The van der Waals surface area contributed by atoms with E-state index in [2.05, 4.69) is 22.0 Å². The van der Waals surface area contributed by atoms with Gasteiger partial charge in [-0.2, -0.15) is 0 Å². The van der Waals surface area contributed by atoms with Crippen LogP contribution in [0.15, 0.2) is 42.6 Å². The predicted octanol–water partition coefficient (Wildman–Crippen LogP) is 4.73. The molecule has 26 heavy (non-hydrogen) atoms. The Morgan fingerprint density at radius 1 is 1.15 bits per heavy atom. The summed E-state index contributed by atoms with van der Waals surface area (Å²) in [6.45, 7) is 2.15. The van der Waals surface area contributed by atoms with E-state index in [1.54, 1.807) is 6.20 Å². The number of phenols is 1. The molecule has 0 aliphatic carbocycles. The molecule has 1 N–H and O–H groups in total. The van der Waals surface area contributed by atoms with Crippen molar-refractivity contribution in [2.45, 2.75) is 12.8 Å². The third kappa shape index (κ3) is 3.08. The third-order valence-corrected chi connectivity index (χ3v) is 5.67. The van der Waals surface area contributed by atoms with Crippen molar-refractivity contribution in [3.8, 4) is 26.8 Å². The van der Waals surface area contributed by atoms with Crippen molar-refractivity contribution in [2.75, 3.05) is 18.0 Å². The molecule has 1 aromatic heterocycles. The van der Waals surface area contributed by atoms with E-state index in [0.29, 0.717) is 11.8 Å². The number of aromatic nitrogens is 1. The number of aromatic hydroxyl groups is 1. The number of halogens is 1. The largest absolute Gasteiger partial charge is 0.504 e. The molecule has 132 valence electrons. The average Bonchev–Trinajstić information content (AvgIpc) is 3.36. The second kappa shape index (κ2) is 6.88. The number of thiazole rings is 1. The molecule has 0 bridgehead atoms. The van der Waals surface area contributed by atoms with Gasteiger partial charge in [0.15, 0.2) is 17.9 Å². The summed E-state index contributed by atoms with van der Waals surface area (Å²) in [5, 5.41) is 10.4. The number of rotatable bonds is 4. The molecule has 1 fully saturated rings. The number of anilines is 1. The Labute approximate surface area is 154 Å². The highest BCUT2D eigenvalue weighted by atomic mass is 32.1. The van der Waals surface area contributed by atoms with Crippen LogP contribution in [0, 0.1) is 5.82 Å². The third-order valence-electron chi connectivity index (χ3n) is 4.57. The Morgan fingerprint density at radius 3 is 2.73 bits per heavy atom. The van der Waals surface area contributed by atoms with E-state index < -0.39 is 11.6 Å². The fourth-order valence-electron chi connectivity index (χ4n) is 3.20. The van der Waals surface area contributed by atoms with Crippen LogP contribution in [0.1, 0.15) is 23.2 Å². The molecule has 6 heteroatoms. The van der Waals surface area contributed by atoms with Gasteiger partial charge in [0, 0.05) is 30.5 Å². The van der Waals surface area contributed by atoms with Gasteiger partial charge < -0.3 is 10.0 Å². The number of hydrogen-bond acceptors (Lipinski definition) is 5. The highest BCUT2D eigenvalue weighted by Crippen LogP contribution is 2.36. The van der Waals surface area contributed by atoms with E-state index >= 15 is 0 Å². The topological polar surface area (TPSA) is 53.4 Å². The van der Waals surface area contributed by atoms with Crippen LogP contribution in [0.3, 0.4) is 0 Å². The lowest BCUT2D eigenvalue weighted by atomic mass is 10.1. The lowest BCUT2D eigenvalue weighted by Gasteiger charge is -2.17. The summed E-state index contributed by atoms with van der Waals surface area (Å²) in [4.78, 5) is 18.6. The molecule has 1 saturated heterocycles. The van der Waals surface area contributed by atoms with Gasteiger partial charge >= 0.3 is 0 Å². The summed E-state index contributed by atoms with van der Waals surface area (Å²) in [6, 6.07) is 11.0. The monoisotopic (exact) mass is 368 g/mol. The van der Waals surface area contributed by atoms with E-state index in [1.165, 1.54) is 42.0 Å². The highest BCUT2D eigenvalue weighted by molar-refractivity contribution is 7.18. The van der Waals surface area contributed by atoms with Crippen molar-refractivity contribution in [2.24, 2.45) is 0 Å². The maximum atomic E-state index is 13.8. The van der Waals surface area contributed by atoms with Gasteiger partial charge in [0.05, 0.1) is 10.4 Å². The first-order chi connectivity index (χ1) is 12.7. The fraction of sp³-hybridized carbons (Fsp3) is 0.200. The molecule has 0 atom stereocenters. The van der Waals surface area contributed by atoms with E-state index in [0.717, 1.165) is 28.5 Å². The second-order valence-corrected chi connectivity index (χ2v) is 7.32. The van der Waals surface area contributed by atoms with Crippen LogP contribution in [0.25, 0.3) is 21.0 Å². The molecule has 0 spiro atoms. The summed E-state index contributed by atoms with van der Waals surface area (Å²) < 4.78 is 13.8. The Balaban J connectivity index is 1.67. The fourth-order valence-corrected chi connectivity index (χ4v) is 4.10. The van der Waals surface area contributed by atoms with Crippen molar-refractivity contribution in [3.63, 3.8) is 0 Å². The minimum absolute atomic E-state index is 0.0639. The van der Waals surface area contributed by atoms with Crippen molar-refractivity contribution in [3.05, 3.63) is 54.0 Å². The summed E-state index contributed by atoms with van der Waals surface area (Å²) in [6.07, 6.45) is 4.56. The zero-order valence-corrected chi connectivity index (χ0v) is 14.8. The van der Waals surface area contributed by atoms with Crippen LogP contribution in [-0.2, 0) is 0 Å². The Morgan fingerprint density at radius 2 is 1.96 bits per heavy atom. The Kier molecular flexibility index (Phi) is 4.42. The maximum absolute atomic E-state index is 13.8. The van der Waals surface area contributed by atoms with Gasteiger partial charge in [-0.05, 0) is 42.7 Å². The number of phenolic OH excluding ortho intramolecular Hbond substituents is 1. The van der Waals surface area contributed by atoms with Crippen LogP contribution in [0.2, 0.25) is 0 Å². The minimum Gasteiger partial charge on any atom is -0.504 e. The summed E-state index contributed by atoms with van der Waals surface area (Å²) >= 11 is 1.43. The molecule has 0 amide bonds. The van der Waals surface area contributed by atoms with Crippen LogP contribution >= 0.6 is 11.3 Å². The van der Waals surface area contributed by atoms with E-state index in [9.17, 15) is 14.3 Å². The molecular weight excluding hydrogens is 351 g/mol. The van der Waals surface area contributed by atoms with Gasteiger partial charge in [-0.15, -0.1) is 11.3 Å². The number of benzene rings is 2. The van der Waals surface area contributed by atoms with Crippen molar-refractivity contribution < 1.29 is 14.3 Å². The van der Waals surface area contributed by atoms with Gasteiger partial charge in [-0.25, -0.2) is 9.37 Å². The van der Waals surface area contributed by atoms with Gasteiger partial charge in [0.1, 0.15) is 5.01 Å². The van der Waals surface area contributed by atoms with Crippen molar-refractivity contribution >= 4 is 23.3 Å². The molecule has 0 radical (unpaired) electrons. The van der Waals surface area contributed by atoms with E-state index in [1.807, 2.05) is 12.1 Å². The molecule has 2 aromatic carbocycles. The van der Waals surface area contributed by atoms with Crippen LogP contribution in [-0.4, -0.2) is 29.5 Å². The first-order valence-corrected chi connectivity index (χ1v) is 9.26. The summed E-state index contributed by atoms with van der Waals surface area (Å²) in [7, 11) is 0. The van der Waals surface area contributed by atoms with Crippen molar-refractivity contribution in [1.29, 1.82) is 0 Å². The number of hydrogen-bond donors (Lipinski definition) is 1.